The molecular formula is C16H23BrN8O2. The second-order valence-electron chi connectivity index (χ2n) is 5.96. The molecule has 0 spiro atoms. The van der Waals surface area contributed by atoms with Crippen LogP contribution in [0.25, 0.3) is 0 Å². The van der Waals surface area contributed by atoms with Gasteiger partial charge in [-0.25, -0.2) is 4.98 Å². The van der Waals surface area contributed by atoms with Gasteiger partial charge in [0.25, 0.3) is 0 Å². The molecule has 0 amide bonds. The lowest BCUT2D eigenvalue weighted by Gasteiger charge is -2.36. The number of anilines is 1. The van der Waals surface area contributed by atoms with Gasteiger partial charge in [-0.3, -0.25) is 4.99 Å². The van der Waals surface area contributed by atoms with E-state index in [-0.39, 0.29) is 0 Å². The molecule has 1 aliphatic rings. The Morgan fingerprint density at radius 1 is 1.33 bits per heavy atom. The van der Waals surface area contributed by atoms with Crippen LogP contribution in [0.5, 0.6) is 5.88 Å². The van der Waals surface area contributed by atoms with Crippen LogP contribution in [0.15, 0.2) is 20.2 Å². The Hall–Kier alpha value is -2.43. The molecular weight excluding hydrogens is 416 g/mol. The minimum atomic E-state index is 0.538. The summed E-state index contributed by atoms with van der Waals surface area (Å²) in [5.74, 6) is 3.35. The van der Waals surface area contributed by atoms with Gasteiger partial charge in [-0.1, -0.05) is 5.16 Å². The highest BCUT2D eigenvalue weighted by Gasteiger charge is 2.22. The number of aliphatic imine (C=N–C) groups is 1. The van der Waals surface area contributed by atoms with Crippen molar-refractivity contribution in [1.82, 2.24) is 30.3 Å². The minimum absolute atomic E-state index is 0.538. The third-order valence-electron chi connectivity index (χ3n) is 4.16. The van der Waals surface area contributed by atoms with Crippen molar-refractivity contribution >= 4 is 27.8 Å². The predicted molar refractivity (Wildman–Crippen MR) is 104 cm³/mol. The van der Waals surface area contributed by atoms with E-state index >= 15 is 0 Å². The van der Waals surface area contributed by atoms with Crippen molar-refractivity contribution in [1.29, 1.82) is 0 Å². The summed E-state index contributed by atoms with van der Waals surface area (Å²) in [4.78, 5) is 21.8. The zero-order chi connectivity index (χ0) is 19.2. The number of hydrogen-bond acceptors (Lipinski definition) is 8. The topological polar surface area (TPSA) is 105 Å². The molecule has 10 nitrogen and oxygen atoms in total. The van der Waals surface area contributed by atoms with E-state index < -0.39 is 0 Å². The van der Waals surface area contributed by atoms with Crippen LogP contribution in [-0.2, 0) is 6.42 Å². The second kappa shape index (κ2) is 8.98. The molecule has 1 fully saturated rings. The lowest BCUT2D eigenvalue weighted by molar-refractivity contribution is 0.360. The molecule has 0 saturated carbocycles. The predicted octanol–water partition coefficient (Wildman–Crippen LogP) is 0.879. The molecule has 2 aromatic rings. The standard InChI is InChI=1S/C16H23BrN8O2/c1-11-21-13(27-23-11)4-5-19-15(18-2)24-6-8-25(9-7-24)16-20-10-12(17)14(22-16)26-3/h10H,4-9H2,1-3H3,(H,18,19). The average molecular weight is 439 g/mol. The number of aryl methyl sites for hydroxylation is 1. The molecule has 1 aliphatic heterocycles. The minimum Gasteiger partial charge on any atom is -0.480 e. The van der Waals surface area contributed by atoms with Gasteiger partial charge in [-0.2, -0.15) is 9.97 Å². The quantitative estimate of drug-likeness (QED) is 0.537. The number of methoxy groups -OCH3 is 1. The van der Waals surface area contributed by atoms with Crippen LogP contribution in [0.3, 0.4) is 0 Å². The van der Waals surface area contributed by atoms with Crippen molar-refractivity contribution in [2.45, 2.75) is 13.3 Å². The second-order valence-corrected chi connectivity index (χ2v) is 6.81. The number of piperazine rings is 1. The maximum absolute atomic E-state index is 5.25. The lowest BCUT2D eigenvalue weighted by Crippen LogP contribution is -2.53. The first-order valence-corrected chi connectivity index (χ1v) is 9.46. The molecule has 3 rings (SSSR count). The normalized spacial score (nSPS) is 15.2. The van der Waals surface area contributed by atoms with Crippen molar-refractivity contribution in [2.75, 3.05) is 51.8 Å². The molecule has 1 saturated heterocycles. The first-order chi connectivity index (χ1) is 13.1. The van der Waals surface area contributed by atoms with Crippen LogP contribution in [-0.4, -0.2) is 77.8 Å². The fraction of sp³-hybridized carbons (Fsp3) is 0.562. The van der Waals surface area contributed by atoms with Gasteiger partial charge in [0.1, 0.15) is 0 Å². The molecule has 0 aliphatic carbocycles. The van der Waals surface area contributed by atoms with Gasteiger partial charge in [-0.05, 0) is 22.9 Å². The Labute approximate surface area is 166 Å². The molecule has 11 heteroatoms. The Balaban J connectivity index is 1.51. The number of ether oxygens (including phenoxy) is 1. The fourth-order valence-electron chi connectivity index (χ4n) is 2.81. The van der Waals surface area contributed by atoms with Crippen LogP contribution >= 0.6 is 15.9 Å². The summed E-state index contributed by atoms with van der Waals surface area (Å²) in [6.45, 7) is 5.73. The summed E-state index contributed by atoms with van der Waals surface area (Å²) < 4.78 is 11.1. The SMILES string of the molecule is CN=C(NCCc1nc(C)no1)N1CCN(c2ncc(Br)c(OC)n2)CC1. The molecule has 1 N–H and O–H groups in total. The van der Waals surface area contributed by atoms with Crippen molar-refractivity contribution < 1.29 is 9.26 Å². The average Bonchev–Trinajstić information content (AvgIpc) is 3.11. The molecule has 0 bridgehead atoms. The summed E-state index contributed by atoms with van der Waals surface area (Å²) in [5.41, 5.74) is 0. The highest BCUT2D eigenvalue weighted by molar-refractivity contribution is 9.10. The summed E-state index contributed by atoms with van der Waals surface area (Å²) >= 11 is 3.38. The zero-order valence-corrected chi connectivity index (χ0v) is 17.2. The van der Waals surface area contributed by atoms with Gasteiger partial charge < -0.3 is 24.4 Å². The largest absolute Gasteiger partial charge is 0.480 e. The van der Waals surface area contributed by atoms with E-state index in [1.807, 2.05) is 6.92 Å². The van der Waals surface area contributed by atoms with E-state index in [0.717, 1.165) is 36.6 Å². The van der Waals surface area contributed by atoms with Crippen LogP contribution in [0.2, 0.25) is 0 Å². The van der Waals surface area contributed by atoms with Crippen LogP contribution < -0.4 is 15.0 Å². The highest BCUT2D eigenvalue weighted by Crippen LogP contribution is 2.23. The summed E-state index contributed by atoms with van der Waals surface area (Å²) in [7, 11) is 3.38. The third kappa shape index (κ3) is 4.85. The first-order valence-electron chi connectivity index (χ1n) is 8.67. The number of nitrogens with zero attached hydrogens (tertiary/aromatic N) is 7. The van der Waals surface area contributed by atoms with Gasteiger partial charge in [-0.15, -0.1) is 0 Å². The van der Waals surface area contributed by atoms with Crippen molar-refractivity contribution in [2.24, 2.45) is 4.99 Å². The molecule has 0 radical (unpaired) electrons. The number of rotatable bonds is 5. The van der Waals surface area contributed by atoms with Gasteiger partial charge in [0.15, 0.2) is 11.8 Å². The third-order valence-corrected chi connectivity index (χ3v) is 4.70. The number of nitrogens with one attached hydrogen (secondary N) is 1. The molecule has 27 heavy (non-hydrogen) atoms. The number of halogens is 1. The lowest BCUT2D eigenvalue weighted by atomic mass is 10.3. The summed E-state index contributed by atoms with van der Waals surface area (Å²) in [5, 5.41) is 7.14. The van der Waals surface area contributed by atoms with Gasteiger partial charge in [0.2, 0.25) is 17.7 Å². The Kier molecular flexibility index (Phi) is 6.43. The molecule has 146 valence electrons. The molecule has 0 aromatic carbocycles. The zero-order valence-electron chi connectivity index (χ0n) is 15.6. The molecule has 0 atom stereocenters. The van der Waals surface area contributed by atoms with E-state index in [2.05, 4.69) is 56.1 Å². The molecule has 0 unspecified atom stereocenters. The van der Waals surface area contributed by atoms with E-state index in [0.29, 0.717) is 36.5 Å². The first kappa shape index (κ1) is 19.3. The van der Waals surface area contributed by atoms with Gasteiger partial charge in [0, 0.05) is 46.2 Å². The maximum atomic E-state index is 5.25. The smallest absolute Gasteiger partial charge is 0.232 e. The summed E-state index contributed by atoms with van der Waals surface area (Å²) in [6.07, 6.45) is 2.37. The van der Waals surface area contributed by atoms with E-state index in [4.69, 9.17) is 9.26 Å². The Bertz CT molecular complexity index is 788. The molecule has 3 heterocycles. The number of guanidine groups is 1. The van der Waals surface area contributed by atoms with Crippen LogP contribution in [0.4, 0.5) is 5.95 Å². The van der Waals surface area contributed by atoms with Gasteiger partial charge in [0.05, 0.1) is 17.8 Å². The fourth-order valence-corrected chi connectivity index (χ4v) is 3.16. The highest BCUT2D eigenvalue weighted by atomic mass is 79.9. The maximum Gasteiger partial charge on any atom is 0.232 e. The van der Waals surface area contributed by atoms with Crippen molar-refractivity contribution in [3.63, 3.8) is 0 Å². The van der Waals surface area contributed by atoms with Crippen molar-refractivity contribution in [3.8, 4) is 5.88 Å². The molecule has 2 aromatic heterocycles. The van der Waals surface area contributed by atoms with Crippen LogP contribution in [0, 0.1) is 6.92 Å². The van der Waals surface area contributed by atoms with Crippen molar-refractivity contribution in [3.05, 3.63) is 22.4 Å². The number of hydrogen-bond donors (Lipinski definition) is 1. The summed E-state index contributed by atoms with van der Waals surface area (Å²) in [6, 6.07) is 0. The Morgan fingerprint density at radius 3 is 2.74 bits per heavy atom. The monoisotopic (exact) mass is 438 g/mol. The van der Waals surface area contributed by atoms with E-state index in [9.17, 15) is 0 Å². The Morgan fingerprint density at radius 2 is 2.11 bits per heavy atom. The van der Waals surface area contributed by atoms with E-state index in [1.165, 1.54) is 0 Å². The number of aromatic nitrogens is 4. The van der Waals surface area contributed by atoms with E-state index in [1.54, 1.807) is 20.4 Å². The van der Waals surface area contributed by atoms with Gasteiger partial charge >= 0.3 is 0 Å². The van der Waals surface area contributed by atoms with Crippen LogP contribution in [0.1, 0.15) is 11.7 Å².